The van der Waals surface area contributed by atoms with Crippen molar-refractivity contribution in [3.63, 3.8) is 0 Å². The maximum Gasteiger partial charge on any atom is 0.326 e. The summed E-state index contributed by atoms with van der Waals surface area (Å²) in [6.07, 6.45) is 8.93. The van der Waals surface area contributed by atoms with Crippen LogP contribution in [0.5, 0.6) is 0 Å². The molecule has 0 aromatic carbocycles. The highest BCUT2D eigenvalue weighted by Crippen LogP contribution is 2.21. The maximum absolute atomic E-state index is 4.94. The summed E-state index contributed by atoms with van der Waals surface area (Å²) in [4.78, 5) is 0. The first-order valence-corrected chi connectivity index (χ1v) is 9.79. The zero-order valence-electron chi connectivity index (χ0n) is 7.53. The molecule has 0 unspecified atom stereocenters. The van der Waals surface area contributed by atoms with Crippen LogP contribution in [0.2, 0.25) is 0 Å². The smallest absolute Gasteiger partial charge is 0.130 e. The summed E-state index contributed by atoms with van der Waals surface area (Å²) in [5.74, 6) is 1.03. The average molecular weight is 248 g/mol. The van der Waals surface area contributed by atoms with Crippen LogP contribution in [0.3, 0.4) is 0 Å². The highest BCUT2D eigenvalue weighted by Gasteiger charge is 2.05. The average Bonchev–Trinajstić information content (AvgIpc) is 2.14. The first-order valence-electron chi connectivity index (χ1n) is 4.55. The SMILES string of the molecule is CC1CCCCCC1.Cl[SiH](Cl)Cl. The van der Waals surface area contributed by atoms with Crippen LogP contribution in [0.15, 0.2) is 0 Å². The molecule has 4 heteroatoms. The van der Waals surface area contributed by atoms with Crippen molar-refractivity contribution in [3.05, 3.63) is 0 Å². The minimum Gasteiger partial charge on any atom is -0.130 e. The molecule has 12 heavy (non-hydrogen) atoms. The fourth-order valence-corrected chi connectivity index (χ4v) is 1.48. The highest BCUT2D eigenvalue weighted by atomic mass is 35.8. The van der Waals surface area contributed by atoms with Gasteiger partial charge in [-0.25, -0.2) is 0 Å². The van der Waals surface area contributed by atoms with E-state index in [0.29, 0.717) is 0 Å². The molecule has 0 bridgehead atoms. The predicted octanol–water partition coefficient (Wildman–Crippen LogP) is 4.40. The van der Waals surface area contributed by atoms with Crippen LogP contribution < -0.4 is 0 Å². The molecule has 0 saturated heterocycles. The molecular weight excluding hydrogens is 231 g/mol. The molecule has 0 amide bonds. The van der Waals surface area contributed by atoms with E-state index in [0.717, 1.165) is 5.92 Å². The summed E-state index contributed by atoms with van der Waals surface area (Å²) in [5, 5.41) is 0. The summed E-state index contributed by atoms with van der Waals surface area (Å²) in [5.41, 5.74) is 0. The molecule has 1 aliphatic rings. The summed E-state index contributed by atoms with van der Waals surface area (Å²) in [7, 11) is 0. The van der Waals surface area contributed by atoms with Gasteiger partial charge in [0.2, 0.25) is 0 Å². The van der Waals surface area contributed by atoms with Crippen molar-refractivity contribution in [2.24, 2.45) is 5.92 Å². The van der Waals surface area contributed by atoms with E-state index < -0.39 is 6.73 Å². The van der Waals surface area contributed by atoms with Crippen LogP contribution in [0.4, 0.5) is 0 Å². The van der Waals surface area contributed by atoms with Crippen molar-refractivity contribution in [2.75, 3.05) is 0 Å². The Labute approximate surface area is 91.3 Å². The Morgan fingerprint density at radius 1 is 0.917 bits per heavy atom. The lowest BCUT2D eigenvalue weighted by atomic mass is 10.0. The van der Waals surface area contributed by atoms with Gasteiger partial charge in [0.05, 0.1) is 0 Å². The van der Waals surface area contributed by atoms with Crippen molar-refractivity contribution in [1.29, 1.82) is 0 Å². The number of rotatable bonds is 0. The second kappa shape index (κ2) is 8.67. The van der Waals surface area contributed by atoms with E-state index in [4.69, 9.17) is 33.2 Å². The van der Waals surface area contributed by atoms with E-state index >= 15 is 0 Å². The molecule has 0 N–H and O–H groups in total. The van der Waals surface area contributed by atoms with Crippen molar-refractivity contribution >= 4 is 40.0 Å². The molecule has 0 aromatic rings. The minimum absolute atomic E-state index is 1.03. The quantitative estimate of drug-likeness (QED) is 0.338. The van der Waals surface area contributed by atoms with Gasteiger partial charge in [-0.15, -0.1) is 33.2 Å². The van der Waals surface area contributed by atoms with E-state index in [1.54, 1.807) is 0 Å². The van der Waals surface area contributed by atoms with Crippen LogP contribution in [0.25, 0.3) is 0 Å². The molecular formula is C8H17Cl3Si. The molecule has 0 radical (unpaired) electrons. The molecule has 0 heterocycles. The van der Waals surface area contributed by atoms with E-state index in [1.807, 2.05) is 0 Å². The Morgan fingerprint density at radius 2 is 1.25 bits per heavy atom. The van der Waals surface area contributed by atoms with E-state index in [9.17, 15) is 0 Å². The molecule has 0 spiro atoms. The van der Waals surface area contributed by atoms with Crippen LogP contribution >= 0.6 is 33.2 Å². The number of halogens is 3. The lowest BCUT2D eigenvalue weighted by molar-refractivity contribution is 0.505. The van der Waals surface area contributed by atoms with Gasteiger partial charge in [-0.05, 0) is 5.92 Å². The third-order valence-corrected chi connectivity index (χ3v) is 2.14. The summed E-state index contributed by atoms with van der Waals surface area (Å²) >= 11 is 14.8. The van der Waals surface area contributed by atoms with E-state index in [1.165, 1.54) is 38.5 Å². The van der Waals surface area contributed by atoms with Gasteiger partial charge >= 0.3 is 6.73 Å². The van der Waals surface area contributed by atoms with Crippen LogP contribution in [0, 0.1) is 5.92 Å². The molecule has 0 aromatic heterocycles. The Balaban J connectivity index is 0.000000261. The monoisotopic (exact) mass is 246 g/mol. The Kier molecular flexibility index (Phi) is 9.46. The van der Waals surface area contributed by atoms with Crippen molar-refractivity contribution in [3.8, 4) is 0 Å². The standard InChI is InChI=1S/C8H16.Cl3HSi/c1-8-6-4-2-3-5-7-8;1-4(2)3/h8H,2-7H2,1H3;4H. The first-order chi connectivity index (χ1) is 5.63. The summed E-state index contributed by atoms with van der Waals surface area (Å²) < 4.78 is 0. The van der Waals surface area contributed by atoms with Crippen LogP contribution in [0.1, 0.15) is 45.4 Å². The van der Waals surface area contributed by atoms with Crippen molar-refractivity contribution < 1.29 is 0 Å². The molecule has 1 rings (SSSR count). The summed E-state index contributed by atoms with van der Waals surface area (Å²) in [6.45, 7) is 0.658. The normalized spacial score (nSPS) is 19.8. The van der Waals surface area contributed by atoms with E-state index in [-0.39, 0.29) is 0 Å². The van der Waals surface area contributed by atoms with Gasteiger partial charge in [0.25, 0.3) is 0 Å². The Hall–Kier alpha value is 1.09. The fraction of sp³-hybridized carbons (Fsp3) is 1.00. The van der Waals surface area contributed by atoms with Gasteiger partial charge in [-0.1, -0.05) is 45.4 Å². The second-order valence-electron chi connectivity index (χ2n) is 3.34. The van der Waals surface area contributed by atoms with Gasteiger partial charge in [0.1, 0.15) is 0 Å². The number of hydrogen-bond acceptors (Lipinski definition) is 0. The third-order valence-electron chi connectivity index (χ3n) is 2.14. The van der Waals surface area contributed by atoms with Gasteiger partial charge in [-0.3, -0.25) is 0 Å². The largest absolute Gasteiger partial charge is 0.326 e. The fourth-order valence-electron chi connectivity index (χ4n) is 1.48. The molecule has 1 aliphatic carbocycles. The zero-order chi connectivity index (χ0) is 9.40. The van der Waals surface area contributed by atoms with Crippen LogP contribution in [-0.4, -0.2) is 6.73 Å². The molecule has 1 fully saturated rings. The lowest BCUT2D eigenvalue weighted by Gasteiger charge is -2.02. The molecule has 0 nitrogen and oxygen atoms in total. The highest BCUT2D eigenvalue weighted by molar-refractivity contribution is 7.54. The first kappa shape index (κ1) is 13.1. The second-order valence-corrected chi connectivity index (χ2v) is 9.78. The number of hydrogen-bond donors (Lipinski definition) is 0. The molecule has 74 valence electrons. The topological polar surface area (TPSA) is 0 Å². The van der Waals surface area contributed by atoms with Crippen molar-refractivity contribution in [2.45, 2.75) is 45.4 Å². The van der Waals surface area contributed by atoms with Crippen molar-refractivity contribution in [1.82, 2.24) is 0 Å². The van der Waals surface area contributed by atoms with E-state index in [2.05, 4.69) is 6.92 Å². The van der Waals surface area contributed by atoms with Gasteiger partial charge in [0, 0.05) is 0 Å². The Bertz CT molecular complexity index is 87.5. The minimum atomic E-state index is -1.72. The predicted molar refractivity (Wildman–Crippen MR) is 61.6 cm³/mol. The molecule has 0 atom stereocenters. The third kappa shape index (κ3) is 11.1. The van der Waals surface area contributed by atoms with Gasteiger partial charge in [-0.2, -0.15) is 0 Å². The summed E-state index contributed by atoms with van der Waals surface area (Å²) in [6, 6.07) is 0. The Morgan fingerprint density at radius 3 is 1.58 bits per heavy atom. The molecule has 1 saturated carbocycles. The van der Waals surface area contributed by atoms with Gasteiger partial charge < -0.3 is 0 Å². The lowest BCUT2D eigenvalue weighted by Crippen LogP contribution is -1.88. The van der Waals surface area contributed by atoms with Crippen LogP contribution in [-0.2, 0) is 0 Å². The van der Waals surface area contributed by atoms with Gasteiger partial charge in [0.15, 0.2) is 0 Å². The molecule has 0 aliphatic heterocycles. The zero-order valence-corrected chi connectivity index (χ0v) is 11.0. The maximum atomic E-state index is 4.94.